The van der Waals surface area contributed by atoms with Crippen LogP contribution in [0.1, 0.15) is 16.2 Å². The number of H-pyrrole nitrogens is 1. The van der Waals surface area contributed by atoms with Crippen molar-refractivity contribution in [2.45, 2.75) is 6.54 Å². The fourth-order valence-electron chi connectivity index (χ4n) is 1.16. The number of amides is 1. The smallest absolute Gasteiger partial charge is 0.269 e. The molecule has 1 amide bonds. The van der Waals surface area contributed by atoms with Crippen molar-refractivity contribution in [3.8, 4) is 0 Å². The van der Waals surface area contributed by atoms with E-state index < -0.39 is 11.5 Å². The number of aromatic nitrogens is 3. The Morgan fingerprint density at radius 2 is 2.35 bits per heavy atom. The molecule has 88 valence electrons. The van der Waals surface area contributed by atoms with Crippen molar-refractivity contribution in [1.29, 1.82) is 0 Å². The molecule has 0 saturated heterocycles. The summed E-state index contributed by atoms with van der Waals surface area (Å²) in [5.74, 6) is -0.415. The summed E-state index contributed by atoms with van der Waals surface area (Å²) < 4.78 is 0. The van der Waals surface area contributed by atoms with Crippen LogP contribution < -0.4 is 16.6 Å². The summed E-state index contributed by atoms with van der Waals surface area (Å²) in [7, 11) is 0. The number of aromatic amines is 1. The maximum Gasteiger partial charge on any atom is 0.269 e. The lowest BCUT2D eigenvalue weighted by atomic mass is 10.4. The van der Waals surface area contributed by atoms with Crippen molar-refractivity contribution >= 4 is 22.4 Å². The highest BCUT2D eigenvalue weighted by Gasteiger charge is 2.07. The summed E-state index contributed by atoms with van der Waals surface area (Å²) in [4.78, 5) is 32.5. The molecule has 17 heavy (non-hydrogen) atoms. The molecule has 2 heterocycles. The molecule has 0 aromatic carbocycles. The van der Waals surface area contributed by atoms with Crippen molar-refractivity contribution in [2.75, 3.05) is 5.73 Å². The van der Waals surface area contributed by atoms with Gasteiger partial charge in [-0.1, -0.05) is 0 Å². The Hall–Kier alpha value is -2.22. The third-order valence-corrected chi connectivity index (χ3v) is 2.62. The van der Waals surface area contributed by atoms with Gasteiger partial charge in [0.1, 0.15) is 5.69 Å². The summed E-state index contributed by atoms with van der Waals surface area (Å²) in [6.07, 6.45) is 2.38. The first-order valence-corrected chi connectivity index (χ1v) is 5.55. The highest BCUT2D eigenvalue weighted by Crippen LogP contribution is 2.10. The molecule has 0 aliphatic rings. The van der Waals surface area contributed by atoms with Crippen LogP contribution in [0.25, 0.3) is 0 Å². The molecular formula is C9H9N5O2S. The summed E-state index contributed by atoms with van der Waals surface area (Å²) in [6, 6.07) is 0. The van der Waals surface area contributed by atoms with Crippen LogP contribution in [0.3, 0.4) is 0 Å². The Morgan fingerprint density at radius 1 is 1.53 bits per heavy atom. The monoisotopic (exact) mass is 251 g/mol. The fraction of sp³-hybridized carbons (Fsp3) is 0.111. The average molecular weight is 251 g/mol. The predicted molar refractivity (Wildman–Crippen MR) is 62.6 cm³/mol. The number of anilines is 1. The number of carbonyl (C=O) groups is 1. The van der Waals surface area contributed by atoms with E-state index in [2.05, 4.69) is 20.3 Å². The van der Waals surface area contributed by atoms with Gasteiger partial charge in [0, 0.05) is 5.38 Å². The number of nitrogens with one attached hydrogen (secondary N) is 2. The molecule has 0 unspecified atom stereocenters. The molecule has 0 atom stereocenters. The topological polar surface area (TPSA) is 114 Å². The number of rotatable bonds is 3. The van der Waals surface area contributed by atoms with Gasteiger partial charge in [-0.05, 0) is 0 Å². The lowest BCUT2D eigenvalue weighted by molar-refractivity contribution is 0.0945. The number of nitrogen functional groups attached to an aromatic ring is 1. The first-order chi connectivity index (χ1) is 8.15. The molecule has 0 bridgehead atoms. The van der Waals surface area contributed by atoms with Crippen LogP contribution in [0.15, 0.2) is 22.6 Å². The molecule has 0 aliphatic heterocycles. The Bertz CT molecular complexity index is 591. The summed E-state index contributed by atoms with van der Waals surface area (Å²) in [5.41, 5.74) is 5.82. The van der Waals surface area contributed by atoms with Crippen LogP contribution >= 0.6 is 11.3 Å². The Morgan fingerprint density at radius 3 is 3.00 bits per heavy atom. The number of nitrogens with two attached hydrogens (primary N) is 1. The van der Waals surface area contributed by atoms with E-state index in [9.17, 15) is 9.59 Å². The van der Waals surface area contributed by atoms with Crippen LogP contribution in [0.4, 0.5) is 5.13 Å². The number of carbonyl (C=O) groups excluding carboxylic acids is 1. The highest BCUT2D eigenvalue weighted by molar-refractivity contribution is 7.13. The minimum absolute atomic E-state index is 0.112. The van der Waals surface area contributed by atoms with Gasteiger partial charge in [0.25, 0.3) is 11.5 Å². The largest absolute Gasteiger partial charge is 0.375 e. The summed E-state index contributed by atoms with van der Waals surface area (Å²) in [6.45, 7) is 0.253. The minimum atomic E-state index is -0.421. The van der Waals surface area contributed by atoms with Crippen molar-refractivity contribution < 1.29 is 4.79 Å². The third kappa shape index (κ3) is 2.88. The molecular weight excluding hydrogens is 242 g/mol. The second-order valence-electron chi connectivity index (χ2n) is 3.17. The van der Waals surface area contributed by atoms with Gasteiger partial charge in [-0.3, -0.25) is 14.6 Å². The van der Waals surface area contributed by atoms with Crippen molar-refractivity contribution in [2.24, 2.45) is 0 Å². The number of nitrogens with zero attached hydrogens (tertiary/aromatic N) is 2. The third-order valence-electron chi connectivity index (χ3n) is 1.90. The van der Waals surface area contributed by atoms with Gasteiger partial charge in [-0.2, -0.15) is 0 Å². The molecule has 0 radical (unpaired) electrons. The molecule has 2 aromatic rings. The molecule has 4 N–H and O–H groups in total. The molecule has 0 saturated carbocycles. The zero-order chi connectivity index (χ0) is 12.3. The molecule has 0 fully saturated rings. The number of hydrogen-bond acceptors (Lipinski definition) is 6. The second-order valence-corrected chi connectivity index (χ2v) is 4.06. The lowest BCUT2D eigenvalue weighted by Crippen LogP contribution is -2.26. The quantitative estimate of drug-likeness (QED) is 0.695. The molecule has 7 nitrogen and oxygen atoms in total. The predicted octanol–water partition coefficient (Wildman–Crippen LogP) is -0.261. The van der Waals surface area contributed by atoms with E-state index in [0.29, 0.717) is 10.8 Å². The molecule has 8 heteroatoms. The Labute approximate surface area is 99.7 Å². The number of hydrogen-bond donors (Lipinski definition) is 3. The second kappa shape index (κ2) is 4.74. The van der Waals surface area contributed by atoms with E-state index in [4.69, 9.17) is 5.73 Å². The van der Waals surface area contributed by atoms with Gasteiger partial charge in [0.05, 0.1) is 24.6 Å². The maximum atomic E-state index is 11.6. The maximum absolute atomic E-state index is 11.6. The average Bonchev–Trinajstić information content (AvgIpc) is 2.72. The first kappa shape index (κ1) is 11.3. The zero-order valence-electron chi connectivity index (χ0n) is 8.64. The molecule has 0 aliphatic carbocycles. The van der Waals surface area contributed by atoms with E-state index >= 15 is 0 Å². The van der Waals surface area contributed by atoms with Gasteiger partial charge in [0.15, 0.2) is 5.13 Å². The van der Waals surface area contributed by atoms with E-state index in [-0.39, 0.29) is 12.2 Å². The van der Waals surface area contributed by atoms with Gasteiger partial charge < -0.3 is 16.0 Å². The molecule has 2 rings (SSSR count). The first-order valence-electron chi connectivity index (χ1n) is 4.67. The standard InChI is InChI=1S/C9H9N5O2S/c10-9-13-5(4-17-9)1-12-8(16)6-2-11-3-7(15)14-6/h2-4H,1H2,(H2,10,13)(H,12,16)(H,14,15). The fourth-order valence-corrected chi connectivity index (χ4v) is 1.72. The minimum Gasteiger partial charge on any atom is -0.375 e. The molecule has 2 aromatic heterocycles. The van der Waals surface area contributed by atoms with E-state index in [1.54, 1.807) is 5.38 Å². The lowest BCUT2D eigenvalue weighted by Gasteiger charge is -2.01. The van der Waals surface area contributed by atoms with E-state index in [1.165, 1.54) is 17.5 Å². The van der Waals surface area contributed by atoms with Gasteiger partial charge >= 0.3 is 0 Å². The number of thiazole rings is 1. The van der Waals surface area contributed by atoms with Crippen LogP contribution in [-0.4, -0.2) is 20.9 Å². The van der Waals surface area contributed by atoms with Crippen LogP contribution in [-0.2, 0) is 6.54 Å². The van der Waals surface area contributed by atoms with E-state index in [1.807, 2.05) is 0 Å². The van der Waals surface area contributed by atoms with Crippen molar-refractivity contribution in [1.82, 2.24) is 20.3 Å². The Balaban J connectivity index is 2.00. The van der Waals surface area contributed by atoms with Gasteiger partial charge in [-0.15, -0.1) is 11.3 Å². The van der Waals surface area contributed by atoms with Crippen molar-refractivity contribution in [3.05, 3.63) is 39.5 Å². The Kier molecular flexibility index (Phi) is 3.15. The summed E-state index contributed by atoms with van der Waals surface area (Å²) >= 11 is 1.30. The van der Waals surface area contributed by atoms with Crippen LogP contribution in [0, 0.1) is 0 Å². The van der Waals surface area contributed by atoms with Crippen molar-refractivity contribution in [3.63, 3.8) is 0 Å². The highest BCUT2D eigenvalue weighted by atomic mass is 32.1. The van der Waals surface area contributed by atoms with Crippen LogP contribution in [0.5, 0.6) is 0 Å². The van der Waals surface area contributed by atoms with Gasteiger partial charge in [-0.25, -0.2) is 4.98 Å². The van der Waals surface area contributed by atoms with E-state index in [0.717, 1.165) is 6.20 Å². The normalized spacial score (nSPS) is 10.1. The SMILES string of the molecule is Nc1nc(CNC(=O)c2cncc(=O)[nH]2)cs1. The van der Waals surface area contributed by atoms with Crippen LogP contribution in [0.2, 0.25) is 0 Å². The zero-order valence-corrected chi connectivity index (χ0v) is 9.45. The van der Waals surface area contributed by atoms with Gasteiger partial charge in [0.2, 0.25) is 0 Å². The molecule has 0 spiro atoms. The summed E-state index contributed by atoms with van der Waals surface area (Å²) in [5, 5.41) is 4.80.